The highest BCUT2D eigenvalue weighted by Crippen LogP contribution is 2.21. The summed E-state index contributed by atoms with van der Waals surface area (Å²) in [6, 6.07) is 9.65. The summed E-state index contributed by atoms with van der Waals surface area (Å²) in [5.74, 6) is 0. The van der Waals surface area contributed by atoms with E-state index < -0.39 is 0 Å². The van der Waals surface area contributed by atoms with Crippen LogP contribution in [0.1, 0.15) is 18.2 Å². The Morgan fingerprint density at radius 2 is 2.20 bits per heavy atom. The standard InChI is InChI=1S/C12H12N2O/c1-2-14-11(8-15)6-10-4-3-9(7-13)5-12(10)14/h3-6,15H,2,8H2,1H3. The number of aliphatic hydroxyl groups is 1. The zero-order chi connectivity index (χ0) is 10.8. The molecule has 1 aromatic heterocycles. The van der Waals surface area contributed by atoms with Crippen LogP contribution in [0.5, 0.6) is 0 Å². The van der Waals surface area contributed by atoms with Crippen molar-refractivity contribution in [3.63, 3.8) is 0 Å². The minimum atomic E-state index is 0.0321. The summed E-state index contributed by atoms with van der Waals surface area (Å²) in [6.45, 7) is 2.86. The number of rotatable bonds is 2. The Labute approximate surface area is 88.2 Å². The van der Waals surface area contributed by atoms with Gasteiger partial charge in [0.05, 0.1) is 18.2 Å². The molecule has 1 heterocycles. The molecule has 0 aliphatic rings. The van der Waals surface area contributed by atoms with Crippen LogP contribution in [-0.4, -0.2) is 9.67 Å². The number of aliphatic hydroxyl groups excluding tert-OH is 1. The van der Waals surface area contributed by atoms with Gasteiger partial charge in [0, 0.05) is 23.1 Å². The second kappa shape index (κ2) is 3.76. The van der Waals surface area contributed by atoms with E-state index >= 15 is 0 Å². The third-order valence-corrected chi connectivity index (χ3v) is 2.60. The molecule has 0 unspecified atom stereocenters. The average Bonchev–Trinajstić information content (AvgIpc) is 2.65. The van der Waals surface area contributed by atoms with Gasteiger partial charge >= 0.3 is 0 Å². The van der Waals surface area contributed by atoms with Crippen molar-refractivity contribution in [3.05, 3.63) is 35.5 Å². The second-order valence-corrected chi connectivity index (χ2v) is 3.42. The van der Waals surface area contributed by atoms with Crippen molar-refractivity contribution in [1.82, 2.24) is 4.57 Å². The van der Waals surface area contributed by atoms with Gasteiger partial charge in [-0.1, -0.05) is 6.07 Å². The summed E-state index contributed by atoms with van der Waals surface area (Å²) in [5.41, 5.74) is 2.56. The van der Waals surface area contributed by atoms with Gasteiger partial charge in [-0.3, -0.25) is 0 Å². The summed E-state index contributed by atoms with van der Waals surface area (Å²) >= 11 is 0. The van der Waals surface area contributed by atoms with E-state index in [4.69, 9.17) is 5.26 Å². The van der Waals surface area contributed by atoms with Crippen molar-refractivity contribution in [3.8, 4) is 6.07 Å². The van der Waals surface area contributed by atoms with Crippen molar-refractivity contribution in [2.24, 2.45) is 0 Å². The largest absolute Gasteiger partial charge is 0.390 e. The summed E-state index contributed by atoms with van der Waals surface area (Å²) in [6.07, 6.45) is 0. The van der Waals surface area contributed by atoms with Crippen LogP contribution in [0.2, 0.25) is 0 Å². The van der Waals surface area contributed by atoms with E-state index in [-0.39, 0.29) is 6.61 Å². The summed E-state index contributed by atoms with van der Waals surface area (Å²) in [4.78, 5) is 0. The Morgan fingerprint density at radius 3 is 2.80 bits per heavy atom. The lowest BCUT2D eigenvalue weighted by Crippen LogP contribution is -1.99. The van der Waals surface area contributed by atoms with Gasteiger partial charge in [-0.05, 0) is 25.1 Å². The molecule has 15 heavy (non-hydrogen) atoms. The molecule has 76 valence electrons. The van der Waals surface area contributed by atoms with Gasteiger partial charge in [0.1, 0.15) is 0 Å². The van der Waals surface area contributed by atoms with E-state index in [1.54, 1.807) is 6.07 Å². The van der Waals surface area contributed by atoms with Crippen LogP contribution < -0.4 is 0 Å². The first-order chi connectivity index (χ1) is 7.30. The van der Waals surface area contributed by atoms with E-state index in [1.807, 2.05) is 29.7 Å². The van der Waals surface area contributed by atoms with Gasteiger partial charge in [-0.15, -0.1) is 0 Å². The maximum absolute atomic E-state index is 9.19. The Kier molecular flexibility index (Phi) is 2.44. The van der Waals surface area contributed by atoms with Gasteiger partial charge in [-0.25, -0.2) is 0 Å². The van der Waals surface area contributed by atoms with Gasteiger partial charge in [-0.2, -0.15) is 5.26 Å². The lowest BCUT2D eigenvalue weighted by Gasteiger charge is -2.04. The highest BCUT2D eigenvalue weighted by atomic mass is 16.3. The number of nitrogens with zero attached hydrogens (tertiary/aromatic N) is 2. The number of benzene rings is 1. The van der Waals surface area contributed by atoms with Gasteiger partial charge in [0.15, 0.2) is 0 Å². The van der Waals surface area contributed by atoms with Crippen LogP contribution in [0.25, 0.3) is 10.9 Å². The number of hydrogen-bond acceptors (Lipinski definition) is 2. The number of aryl methyl sites for hydroxylation is 1. The Morgan fingerprint density at radius 1 is 1.40 bits per heavy atom. The smallest absolute Gasteiger partial charge is 0.0992 e. The lowest BCUT2D eigenvalue weighted by molar-refractivity contribution is 0.272. The highest BCUT2D eigenvalue weighted by molar-refractivity contribution is 5.82. The maximum Gasteiger partial charge on any atom is 0.0992 e. The molecule has 0 saturated carbocycles. The molecule has 0 spiro atoms. The molecule has 0 bridgehead atoms. The van der Waals surface area contributed by atoms with Gasteiger partial charge < -0.3 is 9.67 Å². The van der Waals surface area contributed by atoms with Crippen LogP contribution in [0.3, 0.4) is 0 Å². The number of aromatic nitrogens is 1. The number of fused-ring (bicyclic) bond motifs is 1. The predicted octanol–water partition coefficient (Wildman–Crippen LogP) is 2.03. The molecular formula is C12H12N2O. The molecule has 1 aromatic carbocycles. The van der Waals surface area contributed by atoms with Crippen molar-refractivity contribution in [1.29, 1.82) is 5.26 Å². The third-order valence-electron chi connectivity index (χ3n) is 2.60. The fourth-order valence-corrected chi connectivity index (χ4v) is 1.89. The monoisotopic (exact) mass is 200 g/mol. The minimum absolute atomic E-state index is 0.0321. The van der Waals surface area contributed by atoms with E-state index in [1.165, 1.54) is 0 Å². The quantitative estimate of drug-likeness (QED) is 0.806. The molecule has 2 aromatic rings. The summed E-state index contributed by atoms with van der Waals surface area (Å²) in [7, 11) is 0. The fourth-order valence-electron chi connectivity index (χ4n) is 1.89. The molecule has 2 rings (SSSR count). The van der Waals surface area contributed by atoms with E-state index in [9.17, 15) is 5.11 Å². The van der Waals surface area contributed by atoms with Crippen LogP contribution in [0, 0.1) is 11.3 Å². The molecule has 0 aliphatic carbocycles. The first-order valence-corrected chi connectivity index (χ1v) is 4.93. The highest BCUT2D eigenvalue weighted by Gasteiger charge is 2.06. The molecule has 0 saturated heterocycles. The van der Waals surface area contributed by atoms with Crippen molar-refractivity contribution < 1.29 is 5.11 Å². The Hall–Kier alpha value is -1.79. The molecule has 0 fully saturated rings. The second-order valence-electron chi connectivity index (χ2n) is 3.42. The van der Waals surface area contributed by atoms with Crippen molar-refractivity contribution >= 4 is 10.9 Å². The zero-order valence-corrected chi connectivity index (χ0v) is 8.57. The predicted molar refractivity (Wildman–Crippen MR) is 58.2 cm³/mol. The third kappa shape index (κ3) is 1.49. The first-order valence-electron chi connectivity index (χ1n) is 4.93. The van der Waals surface area contributed by atoms with Crippen LogP contribution in [0.15, 0.2) is 24.3 Å². The molecule has 3 nitrogen and oxygen atoms in total. The van der Waals surface area contributed by atoms with Gasteiger partial charge in [0.25, 0.3) is 0 Å². The SMILES string of the molecule is CCn1c(CO)cc2ccc(C#N)cc21. The summed E-state index contributed by atoms with van der Waals surface area (Å²) < 4.78 is 2.02. The van der Waals surface area contributed by atoms with Crippen molar-refractivity contribution in [2.45, 2.75) is 20.1 Å². The molecule has 3 heteroatoms. The van der Waals surface area contributed by atoms with E-state index in [2.05, 4.69) is 6.07 Å². The maximum atomic E-state index is 9.19. The van der Waals surface area contributed by atoms with Gasteiger partial charge in [0.2, 0.25) is 0 Å². The molecule has 1 N–H and O–H groups in total. The van der Waals surface area contributed by atoms with Crippen LogP contribution in [-0.2, 0) is 13.2 Å². The fraction of sp³-hybridized carbons (Fsp3) is 0.250. The Balaban J connectivity index is 2.74. The average molecular weight is 200 g/mol. The zero-order valence-electron chi connectivity index (χ0n) is 8.57. The lowest BCUT2D eigenvalue weighted by atomic mass is 10.2. The normalized spacial score (nSPS) is 10.5. The minimum Gasteiger partial charge on any atom is -0.390 e. The number of nitriles is 1. The number of hydrogen-bond donors (Lipinski definition) is 1. The molecule has 0 amide bonds. The van der Waals surface area contributed by atoms with Crippen LogP contribution >= 0.6 is 0 Å². The van der Waals surface area contributed by atoms with Crippen LogP contribution in [0.4, 0.5) is 0 Å². The topological polar surface area (TPSA) is 49.0 Å². The molecule has 0 radical (unpaired) electrons. The first kappa shape index (κ1) is 9.75. The molecular weight excluding hydrogens is 188 g/mol. The Bertz CT molecular complexity index is 534. The molecule has 0 atom stereocenters. The van der Waals surface area contributed by atoms with E-state index in [0.29, 0.717) is 5.56 Å². The van der Waals surface area contributed by atoms with E-state index in [0.717, 1.165) is 23.1 Å². The van der Waals surface area contributed by atoms with Crippen molar-refractivity contribution in [2.75, 3.05) is 0 Å². The summed E-state index contributed by atoms with van der Waals surface area (Å²) in [5, 5.41) is 19.1. The molecule has 0 aliphatic heterocycles.